The topological polar surface area (TPSA) is 62.1 Å². The number of alkyl halides is 1. The van der Waals surface area contributed by atoms with E-state index in [2.05, 4.69) is 5.32 Å². The van der Waals surface area contributed by atoms with Crippen LogP contribution in [0.25, 0.3) is 0 Å². The predicted molar refractivity (Wildman–Crippen MR) is 65.0 cm³/mol. The van der Waals surface area contributed by atoms with Crippen LogP contribution in [0.3, 0.4) is 0 Å². The lowest BCUT2D eigenvalue weighted by Crippen LogP contribution is -2.31. The highest BCUT2D eigenvalue weighted by atomic mass is 35.5. The van der Waals surface area contributed by atoms with Gasteiger partial charge in [0, 0.05) is 19.2 Å². The number of carbonyl (C=O) groups is 1. The van der Waals surface area contributed by atoms with Gasteiger partial charge < -0.3 is 10.1 Å². The highest BCUT2D eigenvalue weighted by molar-refractivity contribution is 6.21. The molecule has 0 radical (unpaired) electrons. The summed E-state index contributed by atoms with van der Waals surface area (Å²) in [4.78, 5) is 11.7. The maximum absolute atomic E-state index is 11.7. The van der Waals surface area contributed by atoms with E-state index in [9.17, 15) is 4.79 Å². The normalized spacial score (nSPS) is 11.6. The van der Waals surface area contributed by atoms with E-state index in [0.717, 1.165) is 0 Å². The summed E-state index contributed by atoms with van der Waals surface area (Å²) in [6.45, 7) is 0.699. The number of nitrogens with zero attached hydrogens (tertiary/aromatic N) is 1. The third-order valence-corrected chi connectivity index (χ3v) is 2.37. The van der Waals surface area contributed by atoms with Crippen LogP contribution in [0.15, 0.2) is 24.3 Å². The minimum absolute atomic E-state index is 0.246. The standard InChI is InChI=1S/C12H13ClN2O2/c1-17-8-11(13)7-15-12(16)10-4-2-3-9(5-10)6-14/h2-5,11H,7-8H2,1H3,(H,15,16). The molecule has 1 amide bonds. The Morgan fingerprint density at radius 2 is 2.41 bits per heavy atom. The molecule has 0 bridgehead atoms. The number of amides is 1. The van der Waals surface area contributed by atoms with Crippen LogP contribution in [0, 0.1) is 11.3 Å². The molecule has 0 aliphatic heterocycles. The van der Waals surface area contributed by atoms with Gasteiger partial charge >= 0.3 is 0 Å². The molecule has 0 aliphatic rings. The summed E-state index contributed by atoms with van der Waals surface area (Å²) in [6, 6.07) is 8.48. The van der Waals surface area contributed by atoms with E-state index in [-0.39, 0.29) is 11.3 Å². The lowest BCUT2D eigenvalue weighted by Gasteiger charge is -2.09. The van der Waals surface area contributed by atoms with Gasteiger partial charge in [-0.2, -0.15) is 5.26 Å². The largest absolute Gasteiger partial charge is 0.383 e. The number of nitrogens with one attached hydrogen (secondary N) is 1. The van der Waals surface area contributed by atoms with E-state index in [0.29, 0.717) is 24.3 Å². The second kappa shape index (κ2) is 6.89. The Morgan fingerprint density at radius 3 is 3.06 bits per heavy atom. The summed E-state index contributed by atoms with van der Waals surface area (Å²) in [7, 11) is 1.55. The molecule has 0 saturated heterocycles. The van der Waals surface area contributed by atoms with Crippen molar-refractivity contribution in [2.24, 2.45) is 0 Å². The Hall–Kier alpha value is -1.57. The van der Waals surface area contributed by atoms with Crippen molar-refractivity contribution in [1.29, 1.82) is 5.26 Å². The second-order valence-corrected chi connectivity index (χ2v) is 4.07. The summed E-state index contributed by atoms with van der Waals surface area (Å²) >= 11 is 5.88. The minimum Gasteiger partial charge on any atom is -0.383 e. The third kappa shape index (κ3) is 4.43. The average molecular weight is 253 g/mol. The van der Waals surface area contributed by atoms with Crippen LogP contribution < -0.4 is 5.32 Å². The molecule has 1 aromatic carbocycles. The Labute approximate surface area is 105 Å². The van der Waals surface area contributed by atoms with Crippen molar-refractivity contribution in [2.45, 2.75) is 5.38 Å². The molecule has 0 fully saturated rings. The van der Waals surface area contributed by atoms with Gasteiger partial charge in [-0.25, -0.2) is 0 Å². The van der Waals surface area contributed by atoms with Crippen molar-refractivity contribution >= 4 is 17.5 Å². The lowest BCUT2D eigenvalue weighted by atomic mass is 10.1. The van der Waals surface area contributed by atoms with Crippen LogP contribution >= 0.6 is 11.6 Å². The summed E-state index contributed by atoms with van der Waals surface area (Å²) in [6.07, 6.45) is 0. The fourth-order valence-corrected chi connectivity index (χ4v) is 1.48. The van der Waals surface area contributed by atoms with Gasteiger partial charge in [-0.1, -0.05) is 6.07 Å². The quantitative estimate of drug-likeness (QED) is 0.809. The molecule has 0 heterocycles. The zero-order valence-electron chi connectivity index (χ0n) is 9.44. The van der Waals surface area contributed by atoms with E-state index in [4.69, 9.17) is 21.6 Å². The number of methoxy groups -OCH3 is 1. The van der Waals surface area contributed by atoms with Crippen molar-refractivity contribution in [3.8, 4) is 6.07 Å². The van der Waals surface area contributed by atoms with Crippen LogP contribution in [-0.2, 0) is 4.74 Å². The van der Waals surface area contributed by atoms with Crippen LogP contribution in [0.1, 0.15) is 15.9 Å². The summed E-state index contributed by atoms with van der Waals surface area (Å²) in [5, 5.41) is 11.1. The molecule has 1 rings (SSSR count). The Kier molecular flexibility index (Phi) is 5.47. The molecular weight excluding hydrogens is 240 g/mol. The molecule has 0 aromatic heterocycles. The number of benzene rings is 1. The van der Waals surface area contributed by atoms with Crippen molar-refractivity contribution < 1.29 is 9.53 Å². The van der Waals surface area contributed by atoms with Gasteiger partial charge in [0.05, 0.1) is 23.6 Å². The SMILES string of the molecule is COCC(Cl)CNC(=O)c1cccc(C#N)c1. The molecule has 5 heteroatoms. The number of ether oxygens (including phenoxy) is 1. The average Bonchev–Trinajstić information content (AvgIpc) is 2.36. The zero-order valence-corrected chi connectivity index (χ0v) is 10.2. The Balaban J connectivity index is 2.55. The lowest BCUT2D eigenvalue weighted by molar-refractivity contribution is 0.0949. The maximum atomic E-state index is 11.7. The van der Waals surface area contributed by atoms with E-state index < -0.39 is 0 Å². The highest BCUT2D eigenvalue weighted by Gasteiger charge is 2.09. The minimum atomic E-state index is -0.261. The van der Waals surface area contributed by atoms with Crippen LogP contribution in [0.5, 0.6) is 0 Å². The van der Waals surface area contributed by atoms with Crippen molar-refractivity contribution in [3.63, 3.8) is 0 Å². The van der Waals surface area contributed by atoms with Crippen LogP contribution in [0.2, 0.25) is 0 Å². The van der Waals surface area contributed by atoms with E-state index in [1.807, 2.05) is 6.07 Å². The second-order valence-electron chi connectivity index (χ2n) is 3.46. The van der Waals surface area contributed by atoms with Crippen LogP contribution in [0.4, 0.5) is 0 Å². The molecule has 1 aromatic rings. The number of halogens is 1. The number of rotatable bonds is 5. The molecule has 1 atom stereocenters. The van der Waals surface area contributed by atoms with Gasteiger partial charge in [0.1, 0.15) is 0 Å². The van der Waals surface area contributed by atoms with Crippen molar-refractivity contribution in [2.75, 3.05) is 20.3 Å². The molecule has 0 saturated carbocycles. The van der Waals surface area contributed by atoms with Crippen LogP contribution in [-0.4, -0.2) is 31.5 Å². The van der Waals surface area contributed by atoms with E-state index in [1.165, 1.54) is 6.07 Å². The van der Waals surface area contributed by atoms with Gasteiger partial charge in [-0.15, -0.1) is 11.6 Å². The van der Waals surface area contributed by atoms with Gasteiger partial charge in [-0.3, -0.25) is 4.79 Å². The molecule has 0 spiro atoms. The number of hydrogen-bond acceptors (Lipinski definition) is 3. The zero-order chi connectivity index (χ0) is 12.7. The van der Waals surface area contributed by atoms with E-state index in [1.54, 1.807) is 25.3 Å². The molecule has 4 nitrogen and oxygen atoms in total. The predicted octanol–water partition coefficient (Wildman–Crippen LogP) is 1.54. The number of nitriles is 1. The highest BCUT2D eigenvalue weighted by Crippen LogP contribution is 2.04. The molecule has 90 valence electrons. The molecular formula is C12H13ClN2O2. The molecule has 1 unspecified atom stereocenters. The number of carbonyl (C=O) groups excluding carboxylic acids is 1. The third-order valence-electron chi connectivity index (χ3n) is 2.09. The smallest absolute Gasteiger partial charge is 0.251 e. The Morgan fingerprint density at radius 1 is 1.65 bits per heavy atom. The monoisotopic (exact) mass is 252 g/mol. The van der Waals surface area contributed by atoms with Gasteiger partial charge in [0.2, 0.25) is 0 Å². The summed E-state index contributed by atoms with van der Waals surface area (Å²) < 4.78 is 4.85. The van der Waals surface area contributed by atoms with Crippen molar-refractivity contribution in [1.82, 2.24) is 5.32 Å². The first-order chi connectivity index (χ1) is 8.17. The van der Waals surface area contributed by atoms with Gasteiger partial charge in [0.25, 0.3) is 5.91 Å². The number of hydrogen-bond donors (Lipinski definition) is 1. The summed E-state index contributed by atoms with van der Waals surface area (Å²) in [5.74, 6) is -0.246. The first-order valence-electron chi connectivity index (χ1n) is 5.08. The fourth-order valence-electron chi connectivity index (χ4n) is 1.28. The Bertz CT molecular complexity index is 429. The molecule has 0 aliphatic carbocycles. The first kappa shape index (κ1) is 13.5. The summed E-state index contributed by atoms with van der Waals surface area (Å²) in [5.41, 5.74) is 0.905. The molecule has 17 heavy (non-hydrogen) atoms. The van der Waals surface area contributed by atoms with Gasteiger partial charge in [-0.05, 0) is 18.2 Å². The fraction of sp³-hybridized carbons (Fsp3) is 0.333. The first-order valence-corrected chi connectivity index (χ1v) is 5.52. The molecule has 1 N–H and O–H groups in total. The van der Waals surface area contributed by atoms with Gasteiger partial charge in [0.15, 0.2) is 0 Å². The van der Waals surface area contributed by atoms with E-state index >= 15 is 0 Å². The maximum Gasteiger partial charge on any atom is 0.251 e. The van der Waals surface area contributed by atoms with Crippen molar-refractivity contribution in [3.05, 3.63) is 35.4 Å².